The van der Waals surface area contributed by atoms with Crippen LogP contribution in [-0.4, -0.2) is 25.7 Å². The minimum absolute atomic E-state index is 0.0761. The zero-order valence-electron chi connectivity index (χ0n) is 8.79. The molecule has 15 heavy (non-hydrogen) atoms. The SMILES string of the molecule is C[C@H]([C@@H](C)CC=O)S(=O)c1ncccn1. The van der Waals surface area contributed by atoms with Crippen LogP contribution in [0.5, 0.6) is 0 Å². The Kier molecular flexibility index (Phi) is 4.55. The number of hydrogen-bond donors (Lipinski definition) is 0. The predicted octanol–water partition coefficient (Wildman–Crippen LogP) is 1.20. The van der Waals surface area contributed by atoms with Gasteiger partial charge in [0.1, 0.15) is 6.29 Å². The second-order valence-corrected chi connectivity index (χ2v) is 5.12. The molecule has 0 aliphatic heterocycles. The molecule has 0 saturated carbocycles. The number of rotatable bonds is 5. The quantitative estimate of drug-likeness (QED) is 0.559. The summed E-state index contributed by atoms with van der Waals surface area (Å²) in [6, 6.07) is 1.68. The normalized spacial score (nSPS) is 16.7. The van der Waals surface area contributed by atoms with Gasteiger partial charge in [-0.15, -0.1) is 0 Å². The summed E-state index contributed by atoms with van der Waals surface area (Å²) >= 11 is 0. The highest BCUT2D eigenvalue weighted by Gasteiger charge is 2.21. The lowest BCUT2D eigenvalue weighted by atomic mass is 10.1. The first-order valence-electron chi connectivity index (χ1n) is 4.78. The van der Waals surface area contributed by atoms with E-state index < -0.39 is 10.8 Å². The lowest BCUT2D eigenvalue weighted by Gasteiger charge is -2.15. The second-order valence-electron chi connectivity index (χ2n) is 3.41. The Morgan fingerprint density at radius 3 is 2.53 bits per heavy atom. The van der Waals surface area contributed by atoms with E-state index in [2.05, 4.69) is 9.97 Å². The summed E-state index contributed by atoms with van der Waals surface area (Å²) in [5, 5.41) is 0.223. The Morgan fingerprint density at radius 1 is 1.40 bits per heavy atom. The van der Waals surface area contributed by atoms with E-state index in [1.54, 1.807) is 18.5 Å². The first kappa shape index (κ1) is 12.0. The number of carbonyl (C=O) groups is 1. The highest BCUT2D eigenvalue weighted by Crippen LogP contribution is 2.15. The summed E-state index contributed by atoms with van der Waals surface area (Å²) in [6.07, 6.45) is 4.40. The predicted molar refractivity (Wildman–Crippen MR) is 57.7 cm³/mol. The van der Waals surface area contributed by atoms with E-state index in [9.17, 15) is 9.00 Å². The van der Waals surface area contributed by atoms with Crippen molar-refractivity contribution in [2.75, 3.05) is 0 Å². The van der Waals surface area contributed by atoms with Gasteiger partial charge >= 0.3 is 0 Å². The van der Waals surface area contributed by atoms with Crippen LogP contribution in [0.1, 0.15) is 20.3 Å². The van der Waals surface area contributed by atoms with Gasteiger partial charge in [-0.25, -0.2) is 9.97 Å². The molecule has 5 heteroatoms. The van der Waals surface area contributed by atoms with Gasteiger partial charge in [0.15, 0.2) is 0 Å². The van der Waals surface area contributed by atoms with Crippen molar-refractivity contribution in [1.82, 2.24) is 9.97 Å². The van der Waals surface area contributed by atoms with E-state index in [0.29, 0.717) is 11.6 Å². The molecular formula is C10H14N2O2S. The maximum absolute atomic E-state index is 11.9. The van der Waals surface area contributed by atoms with Gasteiger partial charge in [0, 0.05) is 24.1 Å². The van der Waals surface area contributed by atoms with Crippen molar-refractivity contribution in [3.8, 4) is 0 Å². The van der Waals surface area contributed by atoms with Crippen molar-refractivity contribution in [2.45, 2.75) is 30.7 Å². The van der Waals surface area contributed by atoms with Crippen LogP contribution in [-0.2, 0) is 15.6 Å². The third-order valence-electron chi connectivity index (χ3n) is 2.33. The van der Waals surface area contributed by atoms with Crippen LogP contribution >= 0.6 is 0 Å². The van der Waals surface area contributed by atoms with E-state index in [4.69, 9.17) is 0 Å². The number of hydrogen-bond acceptors (Lipinski definition) is 4. The molecule has 1 unspecified atom stereocenters. The molecule has 0 N–H and O–H groups in total. The Bertz CT molecular complexity index is 343. The van der Waals surface area contributed by atoms with Crippen LogP contribution in [0.15, 0.2) is 23.6 Å². The second kappa shape index (κ2) is 5.70. The minimum Gasteiger partial charge on any atom is -0.303 e. The summed E-state index contributed by atoms with van der Waals surface area (Å²) in [5.41, 5.74) is 0. The molecule has 0 saturated heterocycles. The molecule has 0 fully saturated rings. The number of carbonyl (C=O) groups excluding carboxylic acids is 1. The smallest absolute Gasteiger partial charge is 0.218 e. The van der Waals surface area contributed by atoms with Gasteiger partial charge in [-0.3, -0.25) is 4.21 Å². The van der Waals surface area contributed by atoms with E-state index in [1.807, 2.05) is 13.8 Å². The maximum atomic E-state index is 11.9. The molecule has 4 nitrogen and oxygen atoms in total. The molecule has 1 heterocycles. The summed E-state index contributed by atoms with van der Waals surface area (Å²) < 4.78 is 11.9. The summed E-state index contributed by atoms with van der Waals surface area (Å²) in [6.45, 7) is 3.75. The number of nitrogens with zero attached hydrogens (tertiary/aromatic N) is 2. The molecular weight excluding hydrogens is 212 g/mol. The molecule has 1 rings (SSSR count). The van der Waals surface area contributed by atoms with Crippen LogP contribution in [0.2, 0.25) is 0 Å². The van der Waals surface area contributed by atoms with Gasteiger partial charge in [0.2, 0.25) is 5.16 Å². The maximum Gasteiger partial charge on any atom is 0.218 e. The summed E-state index contributed by atoms with van der Waals surface area (Å²) in [5.74, 6) is 0.0761. The zero-order valence-corrected chi connectivity index (χ0v) is 9.61. The van der Waals surface area contributed by atoms with Gasteiger partial charge in [0.05, 0.1) is 10.8 Å². The van der Waals surface area contributed by atoms with Crippen molar-refractivity contribution < 1.29 is 9.00 Å². The van der Waals surface area contributed by atoms with Gasteiger partial charge in [-0.05, 0) is 12.0 Å². The van der Waals surface area contributed by atoms with Crippen LogP contribution in [0, 0.1) is 5.92 Å². The lowest BCUT2D eigenvalue weighted by Crippen LogP contribution is -2.21. The molecule has 0 radical (unpaired) electrons. The van der Waals surface area contributed by atoms with Crippen molar-refractivity contribution in [3.05, 3.63) is 18.5 Å². The molecule has 3 atom stereocenters. The molecule has 1 aromatic rings. The fourth-order valence-corrected chi connectivity index (χ4v) is 2.31. The average Bonchev–Trinajstić information content (AvgIpc) is 2.28. The van der Waals surface area contributed by atoms with Gasteiger partial charge in [-0.1, -0.05) is 13.8 Å². The zero-order chi connectivity index (χ0) is 11.3. The van der Waals surface area contributed by atoms with Crippen molar-refractivity contribution >= 4 is 17.1 Å². The van der Waals surface area contributed by atoms with Crippen LogP contribution in [0.25, 0.3) is 0 Å². The summed E-state index contributed by atoms with van der Waals surface area (Å²) in [4.78, 5) is 18.2. The average molecular weight is 226 g/mol. The van der Waals surface area contributed by atoms with Gasteiger partial charge in [0.25, 0.3) is 0 Å². The molecule has 0 spiro atoms. The van der Waals surface area contributed by atoms with Crippen LogP contribution < -0.4 is 0 Å². The molecule has 0 aliphatic rings. The Hall–Kier alpha value is -1.10. The highest BCUT2D eigenvalue weighted by atomic mass is 32.2. The Labute approximate surface area is 91.6 Å². The highest BCUT2D eigenvalue weighted by molar-refractivity contribution is 7.85. The molecule has 1 aromatic heterocycles. The van der Waals surface area contributed by atoms with E-state index in [-0.39, 0.29) is 11.2 Å². The van der Waals surface area contributed by atoms with E-state index >= 15 is 0 Å². The summed E-state index contributed by atoms with van der Waals surface area (Å²) in [7, 11) is -1.24. The first-order chi connectivity index (χ1) is 7.16. The van der Waals surface area contributed by atoms with Crippen LogP contribution in [0.3, 0.4) is 0 Å². The van der Waals surface area contributed by atoms with Gasteiger partial charge in [-0.2, -0.15) is 0 Å². The number of aromatic nitrogens is 2. The van der Waals surface area contributed by atoms with Gasteiger partial charge < -0.3 is 4.79 Å². The third kappa shape index (κ3) is 3.20. The van der Waals surface area contributed by atoms with Crippen LogP contribution in [0.4, 0.5) is 0 Å². The third-order valence-corrected chi connectivity index (χ3v) is 4.04. The molecule has 0 aliphatic carbocycles. The molecule has 82 valence electrons. The fourth-order valence-electron chi connectivity index (χ4n) is 1.11. The minimum atomic E-state index is -1.24. The van der Waals surface area contributed by atoms with Crippen molar-refractivity contribution in [1.29, 1.82) is 0 Å². The van der Waals surface area contributed by atoms with Crippen molar-refractivity contribution in [3.63, 3.8) is 0 Å². The molecule has 0 amide bonds. The van der Waals surface area contributed by atoms with E-state index in [0.717, 1.165) is 6.29 Å². The monoisotopic (exact) mass is 226 g/mol. The number of aldehydes is 1. The molecule has 0 aromatic carbocycles. The Morgan fingerprint density at radius 2 is 2.00 bits per heavy atom. The first-order valence-corrected chi connectivity index (χ1v) is 5.99. The molecule has 0 bridgehead atoms. The fraction of sp³-hybridized carbons (Fsp3) is 0.500. The Balaban J connectivity index is 2.73. The lowest BCUT2D eigenvalue weighted by molar-refractivity contribution is -0.108. The van der Waals surface area contributed by atoms with E-state index in [1.165, 1.54) is 0 Å². The topological polar surface area (TPSA) is 59.9 Å². The van der Waals surface area contributed by atoms with Crippen molar-refractivity contribution in [2.24, 2.45) is 5.92 Å². The largest absolute Gasteiger partial charge is 0.303 e. The standard InChI is InChI=1S/C10H14N2O2S/c1-8(4-7-13)9(2)15(14)10-11-5-3-6-12-10/h3,5-9H,4H2,1-2H3/t8-,9+,15?/m0/s1.